The summed E-state index contributed by atoms with van der Waals surface area (Å²) in [6, 6.07) is 20.2. The van der Waals surface area contributed by atoms with Gasteiger partial charge in [0.15, 0.2) is 0 Å². The van der Waals surface area contributed by atoms with Crippen molar-refractivity contribution in [3.05, 3.63) is 71.5 Å². The standard InChI is InChI=1S/C22H21ClN2O/c1-15(2)13-25-19-10-6-5-9-18(19)24-21(25)14-26-20-12-11-16-7-3-4-8-17(16)22(20)23/h3-12,15H,13-14H2,1-2H3. The summed E-state index contributed by atoms with van der Waals surface area (Å²) in [7, 11) is 0. The van der Waals surface area contributed by atoms with Gasteiger partial charge in [0.1, 0.15) is 18.2 Å². The topological polar surface area (TPSA) is 27.1 Å². The van der Waals surface area contributed by atoms with Crippen molar-refractivity contribution in [2.45, 2.75) is 27.0 Å². The van der Waals surface area contributed by atoms with Crippen molar-refractivity contribution >= 4 is 33.4 Å². The van der Waals surface area contributed by atoms with Crippen molar-refractivity contribution in [2.24, 2.45) is 5.92 Å². The summed E-state index contributed by atoms with van der Waals surface area (Å²) in [5.41, 5.74) is 2.14. The zero-order chi connectivity index (χ0) is 18.1. The number of rotatable bonds is 5. The monoisotopic (exact) mass is 364 g/mol. The lowest BCUT2D eigenvalue weighted by molar-refractivity contribution is 0.288. The Labute approximate surface area is 158 Å². The molecule has 0 saturated heterocycles. The zero-order valence-corrected chi connectivity index (χ0v) is 15.7. The number of aromatic nitrogens is 2. The maximum atomic E-state index is 6.56. The van der Waals surface area contributed by atoms with E-state index in [0.717, 1.165) is 34.2 Å². The molecule has 0 spiro atoms. The number of hydrogen-bond acceptors (Lipinski definition) is 2. The van der Waals surface area contributed by atoms with Crippen LogP contribution in [0.2, 0.25) is 5.02 Å². The van der Waals surface area contributed by atoms with Crippen LogP contribution in [0.15, 0.2) is 60.7 Å². The summed E-state index contributed by atoms with van der Waals surface area (Å²) in [6.45, 7) is 5.71. The van der Waals surface area contributed by atoms with E-state index in [-0.39, 0.29) is 0 Å². The minimum Gasteiger partial charge on any atom is -0.484 e. The number of para-hydroxylation sites is 2. The lowest BCUT2D eigenvalue weighted by Gasteiger charge is -2.13. The van der Waals surface area contributed by atoms with Gasteiger partial charge in [-0.3, -0.25) is 0 Å². The van der Waals surface area contributed by atoms with E-state index in [0.29, 0.717) is 23.3 Å². The third-order valence-corrected chi connectivity index (χ3v) is 4.86. The number of fused-ring (bicyclic) bond motifs is 2. The summed E-state index contributed by atoms with van der Waals surface area (Å²) in [4.78, 5) is 4.77. The Morgan fingerprint density at radius 2 is 1.77 bits per heavy atom. The number of benzene rings is 3. The summed E-state index contributed by atoms with van der Waals surface area (Å²) >= 11 is 6.56. The molecule has 0 radical (unpaired) electrons. The zero-order valence-electron chi connectivity index (χ0n) is 14.9. The molecule has 0 saturated carbocycles. The van der Waals surface area contributed by atoms with E-state index in [1.54, 1.807) is 0 Å². The van der Waals surface area contributed by atoms with E-state index < -0.39 is 0 Å². The molecule has 0 amide bonds. The van der Waals surface area contributed by atoms with Crippen LogP contribution in [0.5, 0.6) is 5.75 Å². The van der Waals surface area contributed by atoms with Crippen molar-refractivity contribution in [3.63, 3.8) is 0 Å². The fourth-order valence-electron chi connectivity index (χ4n) is 3.27. The Balaban J connectivity index is 1.67. The number of nitrogens with zero attached hydrogens (tertiary/aromatic N) is 2. The van der Waals surface area contributed by atoms with Gasteiger partial charge in [0, 0.05) is 11.9 Å². The van der Waals surface area contributed by atoms with Crippen LogP contribution in [0.3, 0.4) is 0 Å². The summed E-state index contributed by atoms with van der Waals surface area (Å²) in [5.74, 6) is 2.13. The molecule has 0 atom stereocenters. The Kier molecular flexibility index (Phi) is 4.56. The molecule has 0 N–H and O–H groups in total. The predicted octanol–water partition coefficient (Wildman–Crippen LogP) is 6.08. The number of hydrogen-bond donors (Lipinski definition) is 0. The average molecular weight is 365 g/mol. The van der Waals surface area contributed by atoms with Gasteiger partial charge in [-0.05, 0) is 29.5 Å². The fraction of sp³-hybridized carbons (Fsp3) is 0.227. The molecule has 1 aromatic heterocycles. The van der Waals surface area contributed by atoms with Crippen LogP contribution in [-0.2, 0) is 13.2 Å². The first kappa shape index (κ1) is 16.9. The van der Waals surface area contributed by atoms with Crippen LogP contribution in [0.4, 0.5) is 0 Å². The van der Waals surface area contributed by atoms with Crippen LogP contribution in [0.1, 0.15) is 19.7 Å². The third-order valence-electron chi connectivity index (χ3n) is 4.47. The van der Waals surface area contributed by atoms with Crippen LogP contribution in [-0.4, -0.2) is 9.55 Å². The van der Waals surface area contributed by atoms with Gasteiger partial charge in [-0.1, -0.05) is 67.9 Å². The van der Waals surface area contributed by atoms with E-state index in [9.17, 15) is 0 Å². The Bertz CT molecular complexity index is 1070. The van der Waals surface area contributed by atoms with Gasteiger partial charge in [-0.15, -0.1) is 0 Å². The molecule has 0 aliphatic carbocycles. The average Bonchev–Trinajstić information content (AvgIpc) is 2.98. The second-order valence-electron chi connectivity index (χ2n) is 6.91. The van der Waals surface area contributed by atoms with Gasteiger partial charge in [0.2, 0.25) is 0 Å². The van der Waals surface area contributed by atoms with Gasteiger partial charge >= 0.3 is 0 Å². The van der Waals surface area contributed by atoms with Gasteiger partial charge < -0.3 is 9.30 Å². The molecule has 26 heavy (non-hydrogen) atoms. The first-order valence-electron chi connectivity index (χ1n) is 8.87. The van der Waals surface area contributed by atoms with Crippen LogP contribution in [0, 0.1) is 5.92 Å². The Morgan fingerprint density at radius 3 is 2.62 bits per heavy atom. The van der Waals surface area contributed by atoms with Crippen LogP contribution in [0.25, 0.3) is 21.8 Å². The molecule has 0 fully saturated rings. The summed E-state index contributed by atoms with van der Waals surface area (Å²) in [6.07, 6.45) is 0. The van der Waals surface area contributed by atoms with Gasteiger partial charge in [-0.2, -0.15) is 0 Å². The van der Waals surface area contributed by atoms with Gasteiger partial charge in [0.05, 0.1) is 16.1 Å². The second kappa shape index (κ2) is 7.00. The fourth-order valence-corrected chi connectivity index (χ4v) is 3.56. The highest BCUT2D eigenvalue weighted by Crippen LogP contribution is 2.33. The van der Waals surface area contributed by atoms with Crippen molar-refractivity contribution in [2.75, 3.05) is 0 Å². The Morgan fingerprint density at radius 1 is 1.00 bits per heavy atom. The lowest BCUT2D eigenvalue weighted by Crippen LogP contribution is -2.11. The number of imidazole rings is 1. The first-order valence-corrected chi connectivity index (χ1v) is 9.25. The van der Waals surface area contributed by atoms with E-state index in [1.807, 2.05) is 54.6 Å². The lowest BCUT2D eigenvalue weighted by atomic mass is 10.1. The van der Waals surface area contributed by atoms with Crippen LogP contribution >= 0.6 is 11.6 Å². The highest BCUT2D eigenvalue weighted by Gasteiger charge is 2.13. The van der Waals surface area contributed by atoms with Crippen molar-refractivity contribution in [1.82, 2.24) is 9.55 Å². The minimum atomic E-state index is 0.388. The quantitative estimate of drug-likeness (QED) is 0.429. The third kappa shape index (κ3) is 3.15. The van der Waals surface area contributed by atoms with Crippen LogP contribution < -0.4 is 4.74 Å². The molecule has 132 valence electrons. The maximum Gasteiger partial charge on any atom is 0.148 e. The van der Waals surface area contributed by atoms with E-state index in [4.69, 9.17) is 21.3 Å². The molecule has 4 rings (SSSR count). The van der Waals surface area contributed by atoms with E-state index >= 15 is 0 Å². The van der Waals surface area contributed by atoms with E-state index in [1.165, 1.54) is 0 Å². The summed E-state index contributed by atoms with van der Waals surface area (Å²) < 4.78 is 8.31. The van der Waals surface area contributed by atoms with Crippen molar-refractivity contribution in [3.8, 4) is 5.75 Å². The highest BCUT2D eigenvalue weighted by atomic mass is 35.5. The molecule has 4 heteroatoms. The SMILES string of the molecule is CC(C)Cn1c(COc2ccc3ccccc3c2Cl)nc2ccccc21. The molecule has 0 aliphatic rings. The molecule has 3 aromatic carbocycles. The molecule has 0 bridgehead atoms. The smallest absolute Gasteiger partial charge is 0.148 e. The number of halogens is 1. The normalized spacial score (nSPS) is 11.5. The first-order chi connectivity index (χ1) is 12.6. The molecule has 0 aliphatic heterocycles. The molecule has 1 heterocycles. The van der Waals surface area contributed by atoms with Crippen molar-refractivity contribution in [1.29, 1.82) is 0 Å². The Hall–Kier alpha value is -2.52. The molecule has 0 unspecified atom stereocenters. The van der Waals surface area contributed by atoms with E-state index in [2.05, 4.69) is 24.5 Å². The molecular weight excluding hydrogens is 344 g/mol. The molecule has 4 aromatic rings. The second-order valence-corrected chi connectivity index (χ2v) is 7.29. The minimum absolute atomic E-state index is 0.388. The number of ether oxygens (including phenoxy) is 1. The maximum absolute atomic E-state index is 6.56. The summed E-state index contributed by atoms with van der Waals surface area (Å²) in [5, 5.41) is 2.76. The largest absolute Gasteiger partial charge is 0.484 e. The molecular formula is C22H21ClN2O. The predicted molar refractivity (Wildman–Crippen MR) is 108 cm³/mol. The van der Waals surface area contributed by atoms with Gasteiger partial charge in [-0.25, -0.2) is 4.98 Å². The highest BCUT2D eigenvalue weighted by molar-refractivity contribution is 6.37. The van der Waals surface area contributed by atoms with Crippen molar-refractivity contribution < 1.29 is 4.74 Å². The molecule has 3 nitrogen and oxygen atoms in total. The van der Waals surface area contributed by atoms with Gasteiger partial charge in [0.25, 0.3) is 0 Å².